The normalized spacial score (nSPS) is 20.5. The Hall–Kier alpha value is 0. The van der Waals surface area contributed by atoms with Crippen LogP contribution in [0.15, 0.2) is 0 Å². The van der Waals surface area contributed by atoms with Gasteiger partial charge in [0.1, 0.15) is 0 Å². The van der Waals surface area contributed by atoms with Crippen molar-refractivity contribution in [1.82, 2.24) is 0 Å². The standard InChI is InChI=1S/C13H26/c1-13(2,3)11-7-10-12-8-5-4-6-9-12/h12H,4-11H2,1-3H3. The molecule has 0 nitrogen and oxygen atoms in total. The summed E-state index contributed by atoms with van der Waals surface area (Å²) in [4.78, 5) is 0. The van der Waals surface area contributed by atoms with E-state index in [0.29, 0.717) is 5.41 Å². The van der Waals surface area contributed by atoms with Crippen molar-refractivity contribution in [3.63, 3.8) is 0 Å². The highest BCUT2D eigenvalue weighted by atomic mass is 14.2. The van der Waals surface area contributed by atoms with Crippen molar-refractivity contribution in [2.45, 2.75) is 72.1 Å². The lowest BCUT2D eigenvalue weighted by atomic mass is 9.83. The van der Waals surface area contributed by atoms with Crippen molar-refractivity contribution in [1.29, 1.82) is 0 Å². The van der Waals surface area contributed by atoms with Crippen LogP contribution in [0.4, 0.5) is 0 Å². The molecule has 78 valence electrons. The van der Waals surface area contributed by atoms with Gasteiger partial charge in [-0.3, -0.25) is 0 Å². The summed E-state index contributed by atoms with van der Waals surface area (Å²) in [6.45, 7) is 7.07. The van der Waals surface area contributed by atoms with Gasteiger partial charge < -0.3 is 0 Å². The van der Waals surface area contributed by atoms with E-state index in [-0.39, 0.29) is 0 Å². The molecule has 1 fully saturated rings. The van der Waals surface area contributed by atoms with E-state index in [1.54, 1.807) is 0 Å². The minimum Gasteiger partial charge on any atom is -0.0602 e. The molecule has 0 N–H and O–H groups in total. The molecule has 0 saturated heterocycles. The smallest absolute Gasteiger partial charge is 0.0383 e. The van der Waals surface area contributed by atoms with Crippen LogP contribution in [0.5, 0.6) is 0 Å². The molecule has 0 heterocycles. The lowest BCUT2D eigenvalue weighted by molar-refractivity contribution is 0.295. The molecule has 0 aromatic heterocycles. The Morgan fingerprint density at radius 2 is 1.62 bits per heavy atom. The Bertz CT molecular complexity index is 123. The summed E-state index contributed by atoms with van der Waals surface area (Å²) in [7, 11) is 0. The molecule has 0 spiro atoms. The van der Waals surface area contributed by atoms with Gasteiger partial charge in [-0.1, -0.05) is 65.7 Å². The SMILES string of the molecule is CC(C)(C)CCCC1CCCCC1. The Morgan fingerprint density at radius 3 is 2.15 bits per heavy atom. The first-order valence-corrected chi connectivity index (χ1v) is 6.08. The van der Waals surface area contributed by atoms with E-state index in [1.807, 2.05) is 0 Å². The van der Waals surface area contributed by atoms with Gasteiger partial charge in [0.25, 0.3) is 0 Å². The summed E-state index contributed by atoms with van der Waals surface area (Å²) in [6.07, 6.45) is 11.9. The predicted octanol–water partition coefficient (Wildman–Crippen LogP) is 4.78. The van der Waals surface area contributed by atoms with Crippen LogP contribution >= 0.6 is 0 Å². The van der Waals surface area contributed by atoms with E-state index >= 15 is 0 Å². The van der Waals surface area contributed by atoms with Crippen LogP contribution in [0.2, 0.25) is 0 Å². The fraction of sp³-hybridized carbons (Fsp3) is 1.00. The molecule has 0 aromatic rings. The van der Waals surface area contributed by atoms with Crippen LogP contribution in [-0.4, -0.2) is 0 Å². The van der Waals surface area contributed by atoms with Gasteiger partial charge in [-0.05, 0) is 17.8 Å². The Kier molecular flexibility index (Phi) is 4.28. The van der Waals surface area contributed by atoms with Gasteiger partial charge in [0.05, 0.1) is 0 Å². The van der Waals surface area contributed by atoms with Crippen molar-refractivity contribution in [3.8, 4) is 0 Å². The molecule has 1 aliphatic carbocycles. The summed E-state index contributed by atoms with van der Waals surface area (Å²) in [5, 5.41) is 0. The van der Waals surface area contributed by atoms with Crippen molar-refractivity contribution in [3.05, 3.63) is 0 Å². The minimum atomic E-state index is 0.550. The molecule has 0 radical (unpaired) electrons. The highest BCUT2D eigenvalue weighted by Crippen LogP contribution is 2.30. The maximum absolute atomic E-state index is 2.36. The van der Waals surface area contributed by atoms with Crippen LogP contribution in [0.1, 0.15) is 72.1 Å². The average molecular weight is 182 g/mol. The second kappa shape index (κ2) is 5.02. The van der Waals surface area contributed by atoms with Crippen molar-refractivity contribution in [2.75, 3.05) is 0 Å². The van der Waals surface area contributed by atoms with Gasteiger partial charge in [0.2, 0.25) is 0 Å². The number of rotatable bonds is 3. The van der Waals surface area contributed by atoms with Gasteiger partial charge in [-0.25, -0.2) is 0 Å². The Balaban J connectivity index is 2.04. The molecule has 1 aliphatic rings. The van der Waals surface area contributed by atoms with E-state index in [0.717, 1.165) is 5.92 Å². The molecule has 1 saturated carbocycles. The number of hydrogen-bond donors (Lipinski definition) is 0. The molecule has 0 amide bonds. The van der Waals surface area contributed by atoms with E-state index in [4.69, 9.17) is 0 Å². The largest absolute Gasteiger partial charge is 0.0602 e. The third kappa shape index (κ3) is 5.33. The highest BCUT2D eigenvalue weighted by molar-refractivity contribution is 4.68. The van der Waals surface area contributed by atoms with E-state index in [1.165, 1.54) is 51.4 Å². The van der Waals surface area contributed by atoms with Crippen molar-refractivity contribution in [2.24, 2.45) is 11.3 Å². The monoisotopic (exact) mass is 182 g/mol. The average Bonchev–Trinajstić information content (AvgIpc) is 2.04. The molecular weight excluding hydrogens is 156 g/mol. The summed E-state index contributed by atoms with van der Waals surface area (Å²) in [6, 6.07) is 0. The maximum Gasteiger partial charge on any atom is -0.0383 e. The van der Waals surface area contributed by atoms with Crippen molar-refractivity contribution < 1.29 is 0 Å². The van der Waals surface area contributed by atoms with Gasteiger partial charge >= 0.3 is 0 Å². The third-order valence-electron chi connectivity index (χ3n) is 3.26. The lowest BCUT2D eigenvalue weighted by Gasteiger charge is -2.23. The first-order valence-electron chi connectivity index (χ1n) is 6.08. The van der Waals surface area contributed by atoms with Gasteiger partial charge in [-0.15, -0.1) is 0 Å². The van der Waals surface area contributed by atoms with E-state index < -0.39 is 0 Å². The van der Waals surface area contributed by atoms with Crippen LogP contribution < -0.4 is 0 Å². The van der Waals surface area contributed by atoms with Crippen LogP contribution in [0, 0.1) is 11.3 Å². The van der Waals surface area contributed by atoms with Gasteiger partial charge in [-0.2, -0.15) is 0 Å². The minimum absolute atomic E-state index is 0.550. The topological polar surface area (TPSA) is 0 Å². The first kappa shape index (κ1) is 11.1. The van der Waals surface area contributed by atoms with E-state index in [2.05, 4.69) is 20.8 Å². The summed E-state index contributed by atoms with van der Waals surface area (Å²) >= 11 is 0. The Labute approximate surface area is 84.1 Å². The second-order valence-corrected chi connectivity index (χ2v) is 5.96. The zero-order valence-corrected chi connectivity index (χ0v) is 9.73. The predicted molar refractivity (Wildman–Crippen MR) is 59.9 cm³/mol. The molecule has 13 heavy (non-hydrogen) atoms. The van der Waals surface area contributed by atoms with E-state index in [9.17, 15) is 0 Å². The summed E-state index contributed by atoms with van der Waals surface area (Å²) in [5.41, 5.74) is 0.550. The van der Waals surface area contributed by atoms with Gasteiger partial charge in [0.15, 0.2) is 0 Å². The molecule has 0 bridgehead atoms. The second-order valence-electron chi connectivity index (χ2n) is 5.96. The molecule has 0 heteroatoms. The first-order chi connectivity index (χ1) is 6.08. The van der Waals surface area contributed by atoms with Crippen LogP contribution in [0.3, 0.4) is 0 Å². The third-order valence-corrected chi connectivity index (χ3v) is 3.26. The Morgan fingerprint density at radius 1 is 1.00 bits per heavy atom. The molecule has 1 rings (SSSR count). The zero-order chi connectivity index (χ0) is 9.73. The number of hydrogen-bond acceptors (Lipinski definition) is 0. The highest BCUT2D eigenvalue weighted by Gasteiger charge is 2.15. The fourth-order valence-corrected chi connectivity index (χ4v) is 2.40. The van der Waals surface area contributed by atoms with Crippen LogP contribution in [0.25, 0.3) is 0 Å². The van der Waals surface area contributed by atoms with Gasteiger partial charge in [0, 0.05) is 0 Å². The van der Waals surface area contributed by atoms with Crippen molar-refractivity contribution >= 4 is 0 Å². The molecular formula is C13H26. The van der Waals surface area contributed by atoms with Crippen LogP contribution in [-0.2, 0) is 0 Å². The summed E-state index contributed by atoms with van der Waals surface area (Å²) < 4.78 is 0. The molecule has 0 unspecified atom stereocenters. The lowest BCUT2D eigenvalue weighted by Crippen LogP contribution is -2.09. The molecule has 0 aromatic carbocycles. The zero-order valence-electron chi connectivity index (χ0n) is 9.73. The fourth-order valence-electron chi connectivity index (χ4n) is 2.40. The molecule has 0 atom stereocenters. The quantitative estimate of drug-likeness (QED) is 0.589. The summed E-state index contributed by atoms with van der Waals surface area (Å²) in [5.74, 6) is 1.08. The maximum atomic E-state index is 2.36. The molecule has 0 aliphatic heterocycles.